The zero-order valence-corrected chi connectivity index (χ0v) is 10.0. The third kappa shape index (κ3) is 3.46. The van der Waals surface area contributed by atoms with Crippen LogP contribution in [0.5, 0.6) is 0 Å². The number of nitrogens with one attached hydrogen (secondary N) is 2. The fourth-order valence-corrected chi connectivity index (χ4v) is 1.79. The van der Waals surface area contributed by atoms with Crippen LogP contribution in [-0.4, -0.2) is 22.6 Å². The molecule has 4 heteroatoms. The summed E-state index contributed by atoms with van der Waals surface area (Å²) in [7, 11) is 0. The number of aromatic nitrogens is 1. The Morgan fingerprint density at radius 3 is 2.89 bits per heavy atom. The Balaban J connectivity index is 1.79. The van der Waals surface area contributed by atoms with Gasteiger partial charge in [0.15, 0.2) is 0 Å². The molecule has 1 heterocycles. The minimum absolute atomic E-state index is 0.333. The van der Waals surface area contributed by atoms with E-state index < -0.39 is 5.97 Å². The number of hydrogen-bond acceptors (Lipinski definition) is 2. The molecule has 0 amide bonds. The molecule has 3 N–H and O–H groups in total. The normalized spacial score (nSPS) is 10.4. The smallest absolute Gasteiger partial charge is 0.335 e. The SMILES string of the molecule is O=C(O)c1cccc(CNCCc2cc[nH]c2)c1. The van der Waals surface area contributed by atoms with Crippen molar-refractivity contribution in [3.63, 3.8) is 0 Å². The summed E-state index contributed by atoms with van der Waals surface area (Å²) in [6.07, 6.45) is 4.85. The summed E-state index contributed by atoms with van der Waals surface area (Å²) in [4.78, 5) is 13.8. The van der Waals surface area contributed by atoms with Gasteiger partial charge in [0, 0.05) is 18.9 Å². The molecule has 0 saturated carbocycles. The first-order chi connectivity index (χ1) is 8.75. The lowest BCUT2D eigenvalue weighted by Gasteiger charge is -2.05. The number of carbonyl (C=O) groups is 1. The standard InChI is InChI=1S/C14H16N2O2/c17-14(18)13-3-1-2-12(8-13)10-16-7-5-11-4-6-15-9-11/h1-4,6,8-9,15-16H,5,7,10H2,(H,17,18). The third-order valence-corrected chi connectivity index (χ3v) is 2.76. The number of aromatic carboxylic acids is 1. The minimum atomic E-state index is -0.885. The molecule has 1 aromatic carbocycles. The molecule has 1 aromatic heterocycles. The molecule has 0 saturated heterocycles. The Morgan fingerprint density at radius 1 is 1.28 bits per heavy atom. The van der Waals surface area contributed by atoms with Crippen LogP contribution < -0.4 is 5.32 Å². The maximum Gasteiger partial charge on any atom is 0.335 e. The van der Waals surface area contributed by atoms with Crippen LogP contribution in [0.25, 0.3) is 0 Å². The van der Waals surface area contributed by atoms with E-state index in [9.17, 15) is 4.79 Å². The van der Waals surface area contributed by atoms with Crippen LogP contribution in [-0.2, 0) is 13.0 Å². The Kier molecular flexibility index (Phi) is 4.15. The lowest BCUT2D eigenvalue weighted by molar-refractivity contribution is 0.0696. The lowest BCUT2D eigenvalue weighted by atomic mass is 10.1. The number of aromatic amines is 1. The number of benzene rings is 1. The van der Waals surface area contributed by atoms with Crippen molar-refractivity contribution < 1.29 is 9.90 Å². The molecule has 2 aromatic rings. The van der Waals surface area contributed by atoms with Gasteiger partial charge in [0.1, 0.15) is 0 Å². The predicted octanol–water partition coefficient (Wildman–Crippen LogP) is 2.05. The Bertz CT molecular complexity index is 506. The van der Waals surface area contributed by atoms with Crippen LogP contribution in [0, 0.1) is 0 Å². The third-order valence-electron chi connectivity index (χ3n) is 2.76. The summed E-state index contributed by atoms with van der Waals surface area (Å²) >= 11 is 0. The van der Waals surface area contributed by atoms with Gasteiger partial charge in [0.25, 0.3) is 0 Å². The van der Waals surface area contributed by atoms with Gasteiger partial charge in [-0.3, -0.25) is 0 Å². The highest BCUT2D eigenvalue weighted by atomic mass is 16.4. The summed E-state index contributed by atoms with van der Waals surface area (Å²) in [6.45, 7) is 1.56. The van der Waals surface area contributed by atoms with Crippen LogP contribution in [0.3, 0.4) is 0 Å². The number of carboxylic acids is 1. The van der Waals surface area contributed by atoms with E-state index in [1.165, 1.54) is 5.56 Å². The quantitative estimate of drug-likeness (QED) is 0.681. The van der Waals surface area contributed by atoms with E-state index in [0.717, 1.165) is 18.5 Å². The van der Waals surface area contributed by atoms with Crippen LogP contribution in [0.2, 0.25) is 0 Å². The second-order valence-corrected chi connectivity index (χ2v) is 4.15. The van der Waals surface area contributed by atoms with Crippen LogP contribution in [0.15, 0.2) is 42.7 Å². The Morgan fingerprint density at radius 2 is 2.17 bits per heavy atom. The number of hydrogen-bond donors (Lipinski definition) is 3. The van der Waals surface area contributed by atoms with Gasteiger partial charge in [-0.15, -0.1) is 0 Å². The van der Waals surface area contributed by atoms with E-state index >= 15 is 0 Å². The highest BCUT2D eigenvalue weighted by Crippen LogP contribution is 2.05. The fourth-order valence-electron chi connectivity index (χ4n) is 1.79. The van der Waals surface area contributed by atoms with E-state index in [1.807, 2.05) is 24.5 Å². The first kappa shape index (κ1) is 12.4. The van der Waals surface area contributed by atoms with E-state index in [2.05, 4.69) is 10.3 Å². The largest absolute Gasteiger partial charge is 0.478 e. The zero-order valence-electron chi connectivity index (χ0n) is 10.0. The molecule has 0 aliphatic rings. The lowest BCUT2D eigenvalue weighted by Crippen LogP contribution is -2.16. The summed E-state index contributed by atoms with van der Waals surface area (Å²) in [5.74, 6) is -0.885. The average Bonchev–Trinajstić information content (AvgIpc) is 2.88. The van der Waals surface area contributed by atoms with Crippen molar-refractivity contribution in [3.05, 3.63) is 59.4 Å². The predicted molar refractivity (Wildman–Crippen MR) is 69.6 cm³/mol. The molecule has 0 aliphatic carbocycles. The summed E-state index contributed by atoms with van der Waals surface area (Å²) in [5, 5.41) is 12.2. The van der Waals surface area contributed by atoms with Crippen molar-refractivity contribution in [3.8, 4) is 0 Å². The second kappa shape index (κ2) is 6.02. The van der Waals surface area contributed by atoms with Gasteiger partial charge in [-0.2, -0.15) is 0 Å². The van der Waals surface area contributed by atoms with Gasteiger partial charge < -0.3 is 15.4 Å². The molecule has 0 fully saturated rings. The summed E-state index contributed by atoms with van der Waals surface area (Å²) in [5.41, 5.74) is 2.59. The van der Waals surface area contributed by atoms with E-state index in [0.29, 0.717) is 12.1 Å². The van der Waals surface area contributed by atoms with Gasteiger partial charge >= 0.3 is 5.97 Å². The molecule has 0 bridgehead atoms. The highest BCUT2D eigenvalue weighted by molar-refractivity contribution is 5.87. The van der Waals surface area contributed by atoms with Crippen molar-refractivity contribution in [1.82, 2.24) is 10.3 Å². The van der Waals surface area contributed by atoms with Crippen molar-refractivity contribution in [1.29, 1.82) is 0 Å². The molecule has 0 spiro atoms. The molecule has 4 nitrogen and oxygen atoms in total. The van der Waals surface area contributed by atoms with Gasteiger partial charge in [0.2, 0.25) is 0 Å². The maximum atomic E-state index is 10.8. The summed E-state index contributed by atoms with van der Waals surface area (Å²) in [6, 6.07) is 9.05. The zero-order chi connectivity index (χ0) is 12.8. The first-order valence-corrected chi connectivity index (χ1v) is 5.90. The van der Waals surface area contributed by atoms with Crippen molar-refractivity contribution >= 4 is 5.97 Å². The molecular formula is C14H16N2O2. The monoisotopic (exact) mass is 244 g/mol. The van der Waals surface area contributed by atoms with Crippen molar-refractivity contribution in [2.24, 2.45) is 0 Å². The first-order valence-electron chi connectivity index (χ1n) is 5.90. The van der Waals surface area contributed by atoms with E-state index in [4.69, 9.17) is 5.11 Å². The van der Waals surface area contributed by atoms with Crippen LogP contribution >= 0.6 is 0 Å². The molecule has 18 heavy (non-hydrogen) atoms. The fraction of sp³-hybridized carbons (Fsp3) is 0.214. The minimum Gasteiger partial charge on any atom is -0.478 e. The number of H-pyrrole nitrogens is 1. The topological polar surface area (TPSA) is 65.1 Å². The Hall–Kier alpha value is -2.07. The second-order valence-electron chi connectivity index (χ2n) is 4.15. The molecule has 0 radical (unpaired) electrons. The van der Waals surface area contributed by atoms with Gasteiger partial charge in [-0.1, -0.05) is 12.1 Å². The van der Waals surface area contributed by atoms with Crippen molar-refractivity contribution in [2.45, 2.75) is 13.0 Å². The Labute approximate surface area is 106 Å². The van der Waals surface area contributed by atoms with Crippen LogP contribution in [0.1, 0.15) is 21.5 Å². The van der Waals surface area contributed by atoms with Gasteiger partial charge in [-0.05, 0) is 42.3 Å². The van der Waals surface area contributed by atoms with E-state index in [1.54, 1.807) is 18.2 Å². The summed E-state index contributed by atoms with van der Waals surface area (Å²) < 4.78 is 0. The molecule has 0 unspecified atom stereocenters. The molecule has 0 aliphatic heterocycles. The average molecular weight is 244 g/mol. The van der Waals surface area contributed by atoms with Gasteiger partial charge in [-0.25, -0.2) is 4.79 Å². The van der Waals surface area contributed by atoms with E-state index in [-0.39, 0.29) is 0 Å². The molecule has 2 rings (SSSR count). The van der Waals surface area contributed by atoms with Crippen LogP contribution in [0.4, 0.5) is 0 Å². The molecular weight excluding hydrogens is 228 g/mol. The molecule has 0 atom stereocenters. The van der Waals surface area contributed by atoms with Gasteiger partial charge in [0.05, 0.1) is 5.56 Å². The van der Waals surface area contributed by atoms with Crippen molar-refractivity contribution in [2.75, 3.05) is 6.54 Å². The molecule has 94 valence electrons. The highest BCUT2D eigenvalue weighted by Gasteiger charge is 2.02. The number of carboxylic acid groups (broad SMARTS) is 1. The number of rotatable bonds is 6. The maximum absolute atomic E-state index is 10.8.